The van der Waals surface area contributed by atoms with Crippen LogP contribution in [0.3, 0.4) is 0 Å². The summed E-state index contributed by atoms with van der Waals surface area (Å²) in [7, 11) is 0. The highest BCUT2D eigenvalue weighted by Gasteiger charge is 2.19. The van der Waals surface area contributed by atoms with Crippen LogP contribution >= 0.6 is 15.9 Å². The number of nitrogens with one attached hydrogen (secondary N) is 1. The Morgan fingerprint density at radius 1 is 1.06 bits per heavy atom. The number of amides is 1. The number of hydrogen-bond acceptors (Lipinski definition) is 4. The zero-order valence-electron chi connectivity index (χ0n) is 18.7. The van der Waals surface area contributed by atoms with Gasteiger partial charge in [0.25, 0.3) is 0 Å². The van der Waals surface area contributed by atoms with Gasteiger partial charge >= 0.3 is 0 Å². The summed E-state index contributed by atoms with van der Waals surface area (Å²) in [4.78, 5) is 43.0. The van der Waals surface area contributed by atoms with Gasteiger partial charge in [0.05, 0.1) is 11.1 Å². The van der Waals surface area contributed by atoms with Crippen molar-refractivity contribution in [3.8, 4) is 0 Å². The molecule has 4 aromatic rings. The normalized spacial score (nSPS) is 11.8. The minimum atomic E-state index is -0.403. The molecule has 2 aromatic carbocycles. The first kappa shape index (κ1) is 23.6. The number of benzene rings is 2. The van der Waals surface area contributed by atoms with Gasteiger partial charge in [-0.05, 0) is 55.7 Å². The second-order valence-corrected chi connectivity index (χ2v) is 9.13. The molecule has 1 N–H and O–H groups in total. The maximum Gasteiger partial charge on any atom is 0.240 e. The van der Waals surface area contributed by atoms with Crippen molar-refractivity contribution in [2.75, 3.05) is 0 Å². The van der Waals surface area contributed by atoms with E-state index in [1.54, 1.807) is 28.8 Å². The van der Waals surface area contributed by atoms with E-state index in [-0.39, 0.29) is 29.5 Å². The van der Waals surface area contributed by atoms with E-state index in [0.717, 1.165) is 17.3 Å². The molecular weight excluding hydrogens is 494 g/mol. The van der Waals surface area contributed by atoms with Gasteiger partial charge in [0, 0.05) is 40.1 Å². The Morgan fingerprint density at radius 3 is 2.53 bits per heavy atom. The molecule has 1 unspecified atom stereocenters. The summed E-state index contributed by atoms with van der Waals surface area (Å²) in [6.07, 6.45) is 6.16. The minimum absolute atomic E-state index is 0.00921. The average Bonchev–Trinajstić information content (AvgIpc) is 2.85. The minimum Gasteiger partial charge on any atom is -0.352 e. The molecule has 0 radical (unpaired) electrons. The molecule has 0 aliphatic carbocycles. The molecule has 34 heavy (non-hydrogen) atoms. The van der Waals surface area contributed by atoms with E-state index in [1.807, 2.05) is 31.2 Å². The molecule has 0 spiro atoms. The van der Waals surface area contributed by atoms with Gasteiger partial charge in [0.15, 0.2) is 5.78 Å². The van der Waals surface area contributed by atoms with Gasteiger partial charge in [-0.1, -0.05) is 46.3 Å². The lowest BCUT2D eigenvalue weighted by atomic mass is 10.0. The number of halogens is 1. The monoisotopic (exact) mass is 517 g/mol. The number of fused-ring (bicyclic) bond motifs is 1. The van der Waals surface area contributed by atoms with Gasteiger partial charge in [-0.2, -0.15) is 0 Å². The number of carbonyl (C=O) groups is 2. The van der Waals surface area contributed by atoms with Crippen LogP contribution in [0.15, 0.2) is 88.5 Å². The lowest BCUT2D eigenvalue weighted by Crippen LogP contribution is -2.36. The SMILES string of the molecule is CC(CCc1ccccc1)NC(=O)Cn1cc(C(=O)c2ccncc2)c(=O)c2cc(Br)ccc21. The Balaban J connectivity index is 1.58. The first-order valence-electron chi connectivity index (χ1n) is 11.0. The molecule has 1 atom stereocenters. The predicted molar refractivity (Wildman–Crippen MR) is 136 cm³/mol. The average molecular weight is 518 g/mol. The molecular formula is C27H24BrN3O3. The number of ketones is 1. The summed E-state index contributed by atoms with van der Waals surface area (Å²) in [5.41, 5.74) is 1.83. The number of aryl methyl sites for hydroxylation is 1. The second-order valence-electron chi connectivity index (χ2n) is 8.22. The third-order valence-electron chi connectivity index (χ3n) is 5.66. The number of hydrogen-bond donors (Lipinski definition) is 1. The molecule has 0 aliphatic heterocycles. The van der Waals surface area contributed by atoms with Crippen molar-refractivity contribution in [1.82, 2.24) is 14.9 Å². The molecule has 0 fully saturated rings. The smallest absolute Gasteiger partial charge is 0.240 e. The number of nitrogens with zero attached hydrogens (tertiary/aromatic N) is 2. The fourth-order valence-corrected chi connectivity index (χ4v) is 4.26. The Morgan fingerprint density at radius 2 is 1.79 bits per heavy atom. The van der Waals surface area contributed by atoms with E-state index in [2.05, 4.69) is 38.4 Å². The number of aromatic nitrogens is 2. The number of carbonyl (C=O) groups excluding carboxylic acids is 2. The van der Waals surface area contributed by atoms with Crippen LogP contribution in [0, 0.1) is 0 Å². The largest absolute Gasteiger partial charge is 0.352 e. The van der Waals surface area contributed by atoms with Crippen LogP contribution in [0.5, 0.6) is 0 Å². The zero-order chi connectivity index (χ0) is 24.1. The van der Waals surface area contributed by atoms with Crippen LogP contribution in [-0.2, 0) is 17.8 Å². The van der Waals surface area contributed by atoms with E-state index in [0.29, 0.717) is 16.5 Å². The zero-order valence-corrected chi connectivity index (χ0v) is 20.3. The lowest BCUT2D eigenvalue weighted by Gasteiger charge is -2.17. The van der Waals surface area contributed by atoms with E-state index < -0.39 is 5.78 Å². The van der Waals surface area contributed by atoms with Gasteiger partial charge in [0.1, 0.15) is 6.54 Å². The molecule has 0 aliphatic rings. The summed E-state index contributed by atoms with van der Waals surface area (Å²) < 4.78 is 2.38. The molecule has 1 amide bonds. The Hall–Kier alpha value is -3.58. The molecule has 0 saturated heterocycles. The van der Waals surface area contributed by atoms with Crippen molar-refractivity contribution in [1.29, 1.82) is 0 Å². The van der Waals surface area contributed by atoms with Gasteiger partial charge < -0.3 is 9.88 Å². The molecule has 2 aromatic heterocycles. The van der Waals surface area contributed by atoms with Crippen molar-refractivity contribution in [3.63, 3.8) is 0 Å². The Bertz CT molecular complexity index is 1390. The maximum atomic E-state index is 13.2. The van der Waals surface area contributed by atoms with E-state index in [9.17, 15) is 14.4 Å². The van der Waals surface area contributed by atoms with Crippen molar-refractivity contribution >= 4 is 38.5 Å². The van der Waals surface area contributed by atoms with Crippen molar-refractivity contribution < 1.29 is 9.59 Å². The van der Waals surface area contributed by atoms with Gasteiger partial charge in [-0.15, -0.1) is 0 Å². The van der Waals surface area contributed by atoms with Crippen molar-refractivity contribution in [2.24, 2.45) is 0 Å². The molecule has 2 heterocycles. The first-order chi connectivity index (χ1) is 16.4. The second kappa shape index (κ2) is 10.6. The van der Waals surface area contributed by atoms with Gasteiger partial charge in [0.2, 0.25) is 11.3 Å². The quantitative estimate of drug-likeness (QED) is 0.348. The highest BCUT2D eigenvalue weighted by Crippen LogP contribution is 2.19. The van der Waals surface area contributed by atoms with Crippen LogP contribution < -0.4 is 10.7 Å². The van der Waals surface area contributed by atoms with Crippen molar-refractivity contribution in [3.05, 3.63) is 111 Å². The lowest BCUT2D eigenvalue weighted by molar-refractivity contribution is -0.122. The molecule has 7 heteroatoms. The van der Waals surface area contributed by atoms with E-state index >= 15 is 0 Å². The molecule has 172 valence electrons. The first-order valence-corrected chi connectivity index (χ1v) is 11.8. The maximum absolute atomic E-state index is 13.2. The van der Waals surface area contributed by atoms with Crippen LogP contribution in [0.2, 0.25) is 0 Å². The van der Waals surface area contributed by atoms with Gasteiger partial charge in [-0.25, -0.2) is 0 Å². The number of pyridine rings is 2. The van der Waals surface area contributed by atoms with Crippen molar-refractivity contribution in [2.45, 2.75) is 32.4 Å². The molecule has 0 saturated carbocycles. The fraction of sp³-hybridized carbons (Fsp3) is 0.185. The Labute approximate surface area is 205 Å². The van der Waals surface area contributed by atoms with Crippen LogP contribution in [0.4, 0.5) is 0 Å². The van der Waals surface area contributed by atoms with E-state index in [1.165, 1.54) is 24.2 Å². The highest BCUT2D eigenvalue weighted by molar-refractivity contribution is 9.10. The van der Waals surface area contributed by atoms with Gasteiger partial charge in [-0.3, -0.25) is 19.4 Å². The fourth-order valence-electron chi connectivity index (χ4n) is 3.90. The summed E-state index contributed by atoms with van der Waals surface area (Å²) in [5.74, 6) is -0.588. The highest BCUT2D eigenvalue weighted by atomic mass is 79.9. The standard InChI is InChI=1S/C27H24BrN3O3/c1-18(7-8-19-5-3-2-4-6-19)30-25(32)17-31-16-23(26(33)20-11-13-29-14-12-20)27(34)22-15-21(28)9-10-24(22)31/h2-6,9-16,18H,7-8,17H2,1H3,(H,30,32). The van der Waals surface area contributed by atoms with Crippen LogP contribution in [-0.4, -0.2) is 27.3 Å². The number of rotatable bonds is 8. The van der Waals surface area contributed by atoms with Crippen LogP contribution in [0.25, 0.3) is 10.9 Å². The molecule has 6 nitrogen and oxygen atoms in total. The van der Waals surface area contributed by atoms with E-state index in [4.69, 9.17) is 0 Å². The third kappa shape index (κ3) is 5.48. The summed E-state index contributed by atoms with van der Waals surface area (Å²) in [6, 6.07) is 18.5. The topological polar surface area (TPSA) is 81.1 Å². The van der Waals surface area contributed by atoms with Crippen LogP contribution in [0.1, 0.15) is 34.8 Å². The molecule has 0 bridgehead atoms. The predicted octanol–water partition coefficient (Wildman–Crippen LogP) is 4.53. The summed E-state index contributed by atoms with van der Waals surface area (Å²) >= 11 is 3.40. The Kier molecular flexibility index (Phi) is 7.33. The third-order valence-corrected chi connectivity index (χ3v) is 6.15. The summed E-state index contributed by atoms with van der Waals surface area (Å²) in [6.45, 7) is 1.96. The summed E-state index contributed by atoms with van der Waals surface area (Å²) in [5, 5.41) is 3.40. The molecule has 4 rings (SSSR count).